The molecule has 3 aliphatic heterocycles. The van der Waals surface area contributed by atoms with Crippen molar-refractivity contribution in [2.24, 2.45) is 0 Å². The Labute approximate surface area is 244 Å². The third kappa shape index (κ3) is 6.07. The Bertz CT molecular complexity index is 1500. The minimum Gasteiger partial charge on any atom is -0.487 e. The van der Waals surface area contributed by atoms with Crippen LogP contribution in [0.1, 0.15) is 46.3 Å². The maximum atomic E-state index is 13.9. The second kappa shape index (κ2) is 12.0. The summed E-state index contributed by atoms with van der Waals surface area (Å²) in [6.07, 6.45) is 1.78. The predicted octanol–water partition coefficient (Wildman–Crippen LogP) is 4.52. The number of nitrogens with one attached hydrogen (secondary N) is 2. The highest BCUT2D eigenvalue weighted by atomic mass is 19.2. The van der Waals surface area contributed by atoms with Crippen LogP contribution in [0.4, 0.5) is 8.78 Å². The Hall–Kier alpha value is -4.08. The van der Waals surface area contributed by atoms with Gasteiger partial charge in [-0.05, 0) is 66.3 Å². The summed E-state index contributed by atoms with van der Waals surface area (Å²) in [6.45, 7) is 6.70. The molecule has 3 aliphatic rings. The zero-order valence-electron chi connectivity index (χ0n) is 23.3. The Morgan fingerprint density at radius 2 is 1.81 bits per heavy atom. The molecule has 3 aromatic carbocycles. The van der Waals surface area contributed by atoms with Crippen molar-refractivity contribution in [2.75, 3.05) is 13.1 Å². The minimum absolute atomic E-state index is 0.0526. The van der Waals surface area contributed by atoms with Crippen molar-refractivity contribution in [3.63, 3.8) is 0 Å². The van der Waals surface area contributed by atoms with Gasteiger partial charge in [0.25, 0.3) is 5.91 Å². The molecule has 1 unspecified atom stereocenters. The van der Waals surface area contributed by atoms with Crippen LogP contribution >= 0.6 is 0 Å². The molecule has 7 nitrogen and oxygen atoms in total. The molecule has 0 aromatic heterocycles. The first-order valence-corrected chi connectivity index (χ1v) is 14.4. The highest BCUT2D eigenvalue weighted by molar-refractivity contribution is 6.01. The van der Waals surface area contributed by atoms with E-state index in [9.17, 15) is 18.4 Å². The first-order valence-electron chi connectivity index (χ1n) is 14.4. The van der Waals surface area contributed by atoms with E-state index in [-0.39, 0.29) is 24.0 Å². The number of ether oxygens (including phenoxy) is 1. The number of halogens is 2. The molecule has 0 radical (unpaired) electrons. The van der Waals surface area contributed by atoms with Gasteiger partial charge in [0.1, 0.15) is 17.9 Å². The summed E-state index contributed by atoms with van der Waals surface area (Å²) >= 11 is 0. The summed E-state index contributed by atoms with van der Waals surface area (Å²) in [5.74, 6) is -1.40. The maximum absolute atomic E-state index is 13.9. The predicted molar refractivity (Wildman–Crippen MR) is 154 cm³/mol. The van der Waals surface area contributed by atoms with Crippen LogP contribution in [0, 0.1) is 11.6 Å². The highest BCUT2D eigenvalue weighted by Gasteiger charge is 2.38. The second-order valence-electron chi connectivity index (χ2n) is 11.3. The van der Waals surface area contributed by atoms with Crippen LogP contribution in [0.5, 0.6) is 5.75 Å². The molecule has 3 atom stereocenters. The average molecular weight is 573 g/mol. The molecule has 6 rings (SSSR count). The zero-order valence-corrected chi connectivity index (χ0v) is 23.3. The molecule has 2 fully saturated rings. The number of fused-ring (bicyclic) bond motifs is 1. The lowest BCUT2D eigenvalue weighted by molar-refractivity contribution is -0.126. The Kier molecular flexibility index (Phi) is 8.04. The zero-order chi connectivity index (χ0) is 29.2. The van der Waals surface area contributed by atoms with Crippen molar-refractivity contribution in [1.82, 2.24) is 20.4 Å². The fraction of sp³-hybridized carbons (Fsp3) is 0.333. The van der Waals surface area contributed by atoms with E-state index in [4.69, 9.17) is 4.74 Å². The number of hydrogen-bond donors (Lipinski definition) is 2. The molecule has 0 spiro atoms. The topological polar surface area (TPSA) is 73.9 Å². The fourth-order valence-electron chi connectivity index (χ4n) is 6.10. The van der Waals surface area contributed by atoms with Gasteiger partial charge in [-0.2, -0.15) is 0 Å². The monoisotopic (exact) mass is 572 g/mol. The van der Waals surface area contributed by atoms with Crippen LogP contribution in [0.3, 0.4) is 0 Å². The molecule has 9 heteroatoms. The minimum atomic E-state index is -0.855. The molecule has 3 heterocycles. The Balaban J connectivity index is 1.17. The van der Waals surface area contributed by atoms with Crippen LogP contribution < -0.4 is 15.4 Å². The number of nitrogens with zero attached hydrogens (tertiary/aromatic N) is 2. The van der Waals surface area contributed by atoms with E-state index in [1.54, 1.807) is 17.0 Å². The maximum Gasteiger partial charge on any atom is 0.255 e. The number of likely N-dealkylation sites (tertiary alicyclic amines) is 1. The Morgan fingerprint density at radius 1 is 0.976 bits per heavy atom. The van der Waals surface area contributed by atoms with Gasteiger partial charge in [-0.1, -0.05) is 43.0 Å². The van der Waals surface area contributed by atoms with Crippen molar-refractivity contribution in [3.05, 3.63) is 113 Å². The smallest absolute Gasteiger partial charge is 0.255 e. The van der Waals surface area contributed by atoms with Crippen molar-refractivity contribution >= 4 is 11.8 Å². The standard InChI is InChI=1S/C33H34F2N4O3/c1-21-7-12-30(32(40)37-21)39-19-24-16-25(9-10-26(24)33(39)41)42-31-20-38(18-23-8-11-27(34)28(35)15-23)14-13-29(31)36-17-22-5-3-2-4-6-22/h2-6,8-11,15-16,29-31,36H,1,7,12-14,17-20H2,(H,37,40)/t29-,30?,31-/m0/s1. The van der Waals surface area contributed by atoms with E-state index in [0.29, 0.717) is 61.6 Å². The van der Waals surface area contributed by atoms with E-state index in [2.05, 4.69) is 34.2 Å². The van der Waals surface area contributed by atoms with Crippen LogP contribution in [0.15, 0.2) is 79.0 Å². The van der Waals surface area contributed by atoms with Gasteiger partial charge in [-0.3, -0.25) is 14.5 Å². The fourth-order valence-corrected chi connectivity index (χ4v) is 6.10. The van der Waals surface area contributed by atoms with Gasteiger partial charge in [-0.15, -0.1) is 0 Å². The normalized spacial score (nSPS) is 22.7. The average Bonchev–Trinajstić information content (AvgIpc) is 3.30. The summed E-state index contributed by atoms with van der Waals surface area (Å²) in [4.78, 5) is 29.6. The molecule has 42 heavy (non-hydrogen) atoms. The SMILES string of the molecule is C=C1CCC(N2Cc3cc(O[C@H]4CN(Cc5ccc(F)c(F)c5)CC[C@@H]4NCc4ccccc4)ccc3C2=O)C(=O)N1. The van der Waals surface area contributed by atoms with Gasteiger partial charge in [-0.25, -0.2) is 8.78 Å². The molecule has 3 aromatic rings. The van der Waals surface area contributed by atoms with Crippen molar-refractivity contribution in [3.8, 4) is 5.75 Å². The van der Waals surface area contributed by atoms with Crippen molar-refractivity contribution in [1.29, 1.82) is 0 Å². The van der Waals surface area contributed by atoms with Gasteiger partial charge in [0.15, 0.2) is 11.6 Å². The van der Waals surface area contributed by atoms with Crippen molar-refractivity contribution < 1.29 is 23.1 Å². The lowest BCUT2D eigenvalue weighted by atomic mass is 10.00. The van der Waals surface area contributed by atoms with E-state index < -0.39 is 17.7 Å². The Morgan fingerprint density at radius 3 is 2.60 bits per heavy atom. The summed E-state index contributed by atoms with van der Waals surface area (Å²) in [6, 6.07) is 19.2. The quantitative estimate of drug-likeness (QED) is 0.415. The first kappa shape index (κ1) is 28.1. The number of rotatable bonds is 8. The first-order chi connectivity index (χ1) is 20.3. The number of allylic oxidation sites excluding steroid dienone is 1. The number of hydrogen-bond acceptors (Lipinski definition) is 5. The second-order valence-corrected chi connectivity index (χ2v) is 11.3. The lowest BCUT2D eigenvalue weighted by Gasteiger charge is -2.39. The number of benzene rings is 3. The third-order valence-corrected chi connectivity index (χ3v) is 8.34. The molecule has 2 N–H and O–H groups in total. The van der Waals surface area contributed by atoms with Crippen molar-refractivity contribution in [2.45, 2.75) is 57.1 Å². The van der Waals surface area contributed by atoms with E-state index in [1.807, 2.05) is 30.3 Å². The van der Waals surface area contributed by atoms with Crippen LogP contribution in [-0.2, 0) is 24.4 Å². The molecule has 218 valence electrons. The van der Waals surface area contributed by atoms with E-state index >= 15 is 0 Å². The largest absolute Gasteiger partial charge is 0.487 e. The van der Waals surface area contributed by atoms with E-state index in [1.165, 1.54) is 11.6 Å². The van der Waals surface area contributed by atoms with Gasteiger partial charge in [0.05, 0.1) is 0 Å². The summed E-state index contributed by atoms with van der Waals surface area (Å²) < 4.78 is 33.9. The van der Waals surface area contributed by atoms with Gasteiger partial charge in [0.2, 0.25) is 5.91 Å². The number of carbonyl (C=O) groups excluding carboxylic acids is 2. The van der Waals surface area contributed by atoms with E-state index in [0.717, 1.165) is 24.6 Å². The number of piperidine rings is 2. The summed E-state index contributed by atoms with van der Waals surface area (Å²) in [7, 11) is 0. The molecule has 2 amide bonds. The molecule has 0 saturated carbocycles. The molecule has 0 aliphatic carbocycles. The number of carbonyl (C=O) groups is 2. The van der Waals surface area contributed by atoms with Gasteiger partial charge >= 0.3 is 0 Å². The number of amides is 2. The van der Waals surface area contributed by atoms with Crippen LogP contribution in [0.25, 0.3) is 0 Å². The summed E-state index contributed by atoms with van der Waals surface area (Å²) in [5.41, 5.74) is 3.97. The van der Waals surface area contributed by atoms with Crippen LogP contribution in [0.2, 0.25) is 0 Å². The lowest BCUT2D eigenvalue weighted by Crippen LogP contribution is -2.54. The van der Waals surface area contributed by atoms with Crippen LogP contribution in [-0.4, -0.2) is 52.9 Å². The summed E-state index contributed by atoms with van der Waals surface area (Å²) in [5, 5.41) is 6.42. The molecule has 2 saturated heterocycles. The third-order valence-electron chi connectivity index (χ3n) is 8.34. The van der Waals surface area contributed by atoms with Gasteiger partial charge in [0, 0.05) is 50.0 Å². The molecular formula is C33H34F2N4O3. The highest BCUT2D eigenvalue weighted by Crippen LogP contribution is 2.32. The van der Waals surface area contributed by atoms with Gasteiger partial charge < -0.3 is 20.3 Å². The molecule has 0 bridgehead atoms. The molecular weight excluding hydrogens is 538 g/mol.